The number of carbonyl (C=O) groups excluding carboxylic acids is 2. The van der Waals surface area contributed by atoms with Gasteiger partial charge in [-0.3, -0.25) is 14.7 Å². The van der Waals surface area contributed by atoms with Crippen molar-refractivity contribution in [3.63, 3.8) is 0 Å². The van der Waals surface area contributed by atoms with Crippen molar-refractivity contribution in [1.82, 2.24) is 4.90 Å². The molecular weight excluding hydrogens is 320 g/mol. The fraction of sp³-hybridized carbons (Fsp3) is 0.400. The average Bonchev–Trinajstić information content (AvgIpc) is 3.13. The molecule has 122 valence electrons. The summed E-state index contributed by atoms with van der Waals surface area (Å²) in [4.78, 5) is 31.0. The van der Waals surface area contributed by atoms with Gasteiger partial charge in [-0.15, -0.1) is 0 Å². The number of carbonyl (C=O) groups is 2. The van der Waals surface area contributed by atoms with Crippen molar-refractivity contribution in [1.29, 1.82) is 0 Å². The molecule has 0 spiro atoms. The Bertz CT molecular complexity index is 691. The summed E-state index contributed by atoms with van der Waals surface area (Å²) in [5.41, 5.74) is 6.57. The largest absolute Gasteiger partial charge is 0.434 e. The molecule has 1 aromatic carbocycles. The number of ether oxygens (including phenoxy) is 1. The summed E-state index contributed by atoms with van der Waals surface area (Å²) in [6.07, 6.45) is -1.54. The van der Waals surface area contributed by atoms with E-state index >= 15 is 0 Å². The molecule has 2 amide bonds. The molecule has 0 aliphatic carbocycles. The van der Waals surface area contributed by atoms with Crippen LogP contribution in [0.4, 0.5) is 10.5 Å². The van der Waals surface area contributed by atoms with E-state index in [0.717, 1.165) is 31.0 Å². The highest BCUT2D eigenvalue weighted by Crippen LogP contribution is 2.28. The Balaban J connectivity index is 1.86. The van der Waals surface area contributed by atoms with Crippen LogP contribution < -0.4 is 10.6 Å². The topological polar surface area (TPSA) is 88.2 Å². The van der Waals surface area contributed by atoms with Crippen molar-refractivity contribution >= 4 is 35.1 Å². The zero-order valence-corrected chi connectivity index (χ0v) is 13.4. The lowest BCUT2D eigenvalue weighted by atomic mass is 10.1. The molecule has 0 saturated carbocycles. The Hall–Kier alpha value is -2.28. The fourth-order valence-corrected chi connectivity index (χ4v) is 2.98. The van der Waals surface area contributed by atoms with Crippen LogP contribution in [-0.2, 0) is 9.53 Å². The van der Waals surface area contributed by atoms with Crippen LogP contribution in [0.3, 0.4) is 0 Å². The molecule has 0 bridgehead atoms. The van der Waals surface area contributed by atoms with E-state index in [9.17, 15) is 9.59 Å². The number of amidine groups is 1. The Morgan fingerprint density at radius 2 is 2.30 bits per heavy atom. The lowest BCUT2D eigenvalue weighted by Gasteiger charge is -2.20. The van der Waals surface area contributed by atoms with Crippen LogP contribution in [0.5, 0.6) is 0 Å². The lowest BCUT2D eigenvalue weighted by molar-refractivity contribution is -0.124. The van der Waals surface area contributed by atoms with Crippen molar-refractivity contribution in [2.24, 2.45) is 10.7 Å². The molecule has 2 heterocycles. The van der Waals surface area contributed by atoms with Crippen LogP contribution in [0.25, 0.3) is 0 Å². The summed E-state index contributed by atoms with van der Waals surface area (Å²) in [7, 11) is 0. The van der Waals surface area contributed by atoms with Gasteiger partial charge in [0, 0.05) is 24.3 Å². The van der Waals surface area contributed by atoms with Crippen LogP contribution >= 0.6 is 11.6 Å². The summed E-state index contributed by atoms with van der Waals surface area (Å²) >= 11 is 6.38. The molecule has 1 aromatic rings. The highest BCUT2D eigenvalue weighted by molar-refractivity contribution is 6.34. The van der Waals surface area contributed by atoms with E-state index in [2.05, 4.69) is 16.8 Å². The summed E-state index contributed by atoms with van der Waals surface area (Å²) in [5.74, 6) is 0.200. The number of likely N-dealkylation sites (N-methyl/N-ethyl adjacent to an activating group) is 1. The minimum atomic E-state index is -0.934. The maximum atomic E-state index is 11.9. The van der Waals surface area contributed by atoms with E-state index in [4.69, 9.17) is 22.1 Å². The number of anilines is 1. The zero-order chi connectivity index (χ0) is 16.6. The van der Waals surface area contributed by atoms with E-state index in [-0.39, 0.29) is 6.54 Å². The quantitative estimate of drug-likeness (QED) is 0.895. The molecule has 2 aliphatic rings. The van der Waals surface area contributed by atoms with Gasteiger partial charge in [-0.2, -0.15) is 0 Å². The van der Waals surface area contributed by atoms with Gasteiger partial charge in [0.15, 0.2) is 6.10 Å². The van der Waals surface area contributed by atoms with Crippen LogP contribution in [0.15, 0.2) is 23.2 Å². The van der Waals surface area contributed by atoms with Crippen molar-refractivity contribution < 1.29 is 14.3 Å². The number of nitrogens with two attached hydrogens (primary N) is 1. The fourth-order valence-electron chi connectivity index (χ4n) is 2.72. The number of nitrogens with zero attached hydrogens (tertiary/aromatic N) is 3. The second-order valence-corrected chi connectivity index (χ2v) is 5.74. The summed E-state index contributed by atoms with van der Waals surface area (Å²) in [6, 6.07) is 5.27. The maximum Gasteiger partial charge on any atom is 0.415 e. The van der Waals surface area contributed by atoms with Crippen molar-refractivity contribution in [2.75, 3.05) is 31.1 Å². The standard InChI is InChI=1S/C15H17ClN4O3/c1-2-19-6-5-18-14(19)10-4-3-9(7-11(10)16)20-8-12(13(17)21)23-15(20)22/h3-4,7,12H,2,5-6,8H2,1H3,(H2,17,21)/t12-/m0/s1. The van der Waals surface area contributed by atoms with Gasteiger partial charge in [0.05, 0.1) is 18.1 Å². The van der Waals surface area contributed by atoms with Gasteiger partial charge in [0.2, 0.25) is 0 Å². The predicted octanol–water partition coefficient (Wildman–Crippen LogP) is 1.23. The Labute approximate surface area is 138 Å². The number of rotatable bonds is 4. The van der Waals surface area contributed by atoms with Crippen LogP contribution in [0.2, 0.25) is 5.02 Å². The maximum absolute atomic E-state index is 11.9. The number of cyclic esters (lactones) is 1. The number of benzene rings is 1. The number of amides is 2. The van der Waals surface area contributed by atoms with Crippen molar-refractivity contribution in [2.45, 2.75) is 13.0 Å². The Kier molecular flexibility index (Phi) is 4.12. The van der Waals surface area contributed by atoms with E-state index < -0.39 is 18.1 Å². The minimum absolute atomic E-state index is 0.0892. The van der Waals surface area contributed by atoms with Crippen LogP contribution in [0, 0.1) is 0 Å². The molecule has 2 aliphatic heterocycles. The van der Waals surface area contributed by atoms with E-state index in [1.54, 1.807) is 12.1 Å². The molecule has 0 unspecified atom stereocenters. The molecular formula is C15H17ClN4O3. The second kappa shape index (κ2) is 6.08. The molecule has 1 saturated heterocycles. The average molecular weight is 337 g/mol. The smallest absolute Gasteiger partial charge is 0.415 e. The molecule has 1 fully saturated rings. The Morgan fingerprint density at radius 3 is 2.91 bits per heavy atom. The minimum Gasteiger partial charge on any atom is -0.434 e. The van der Waals surface area contributed by atoms with E-state index in [1.807, 2.05) is 6.07 Å². The van der Waals surface area contributed by atoms with Crippen LogP contribution in [-0.4, -0.2) is 55.0 Å². The monoisotopic (exact) mass is 336 g/mol. The van der Waals surface area contributed by atoms with Crippen molar-refractivity contribution in [3.8, 4) is 0 Å². The summed E-state index contributed by atoms with van der Waals surface area (Å²) in [6.45, 7) is 4.64. The lowest BCUT2D eigenvalue weighted by Crippen LogP contribution is -2.32. The van der Waals surface area contributed by atoms with Gasteiger partial charge in [0.25, 0.3) is 5.91 Å². The van der Waals surface area contributed by atoms with Gasteiger partial charge in [-0.25, -0.2) is 4.79 Å². The number of halogens is 1. The molecule has 0 aromatic heterocycles. The summed E-state index contributed by atoms with van der Waals surface area (Å²) < 4.78 is 4.93. The first-order chi connectivity index (χ1) is 11.0. The third-order valence-corrected chi connectivity index (χ3v) is 4.26. The second-order valence-electron chi connectivity index (χ2n) is 5.33. The normalized spacial score (nSPS) is 20.7. The predicted molar refractivity (Wildman–Crippen MR) is 86.9 cm³/mol. The molecule has 1 atom stereocenters. The van der Waals surface area contributed by atoms with Gasteiger partial charge in [-0.05, 0) is 25.1 Å². The van der Waals surface area contributed by atoms with Crippen molar-refractivity contribution in [3.05, 3.63) is 28.8 Å². The highest BCUT2D eigenvalue weighted by atomic mass is 35.5. The third-order valence-electron chi connectivity index (χ3n) is 3.95. The van der Waals surface area contributed by atoms with Crippen LogP contribution in [0.1, 0.15) is 12.5 Å². The van der Waals surface area contributed by atoms with Gasteiger partial charge in [-0.1, -0.05) is 11.6 Å². The third kappa shape index (κ3) is 2.84. The van der Waals surface area contributed by atoms with Gasteiger partial charge < -0.3 is 15.4 Å². The summed E-state index contributed by atoms with van der Waals surface area (Å²) in [5, 5.41) is 0.497. The molecule has 23 heavy (non-hydrogen) atoms. The van der Waals surface area contributed by atoms with E-state index in [0.29, 0.717) is 10.7 Å². The number of primary amides is 1. The highest BCUT2D eigenvalue weighted by Gasteiger charge is 2.36. The SMILES string of the molecule is CCN1CCN=C1c1ccc(N2C[C@@H](C(N)=O)OC2=O)cc1Cl. The molecule has 8 heteroatoms. The van der Waals surface area contributed by atoms with Gasteiger partial charge in [0.1, 0.15) is 5.84 Å². The first kappa shape index (κ1) is 15.6. The first-order valence-corrected chi connectivity index (χ1v) is 7.76. The number of hydrogen-bond donors (Lipinski definition) is 1. The first-order valence-electron chi connectivity index (χ1n) is 7.38. The molecule has 7 nitrogen and oxygen atoms in total. The molecule has 2 N–H and O–H groups in total. The van der Waals surface area contributed by atoms with E-state index in [1.165, 1.54) is 4.90 Å². The zero-order valence-electron chi connectivity index (χ0n) is 12.7. The number of hydrogen-bond acceptors (Lipinski definition) is 5. The Morgan fingerprint density at radius 1 is 1.52 bits per heavy atom. The molecule has 0 radical (unpaired) electrons. The molecule has 3 rings (SSSR count). The number of aliphatic imine (C=N–C) groups is 1. The van der Waals surface area contributed by atoms with Gasteiger partial charge >= 0.3 is 6.09 Å².